The number of carbonyl (C=O) groups excluding carboxylic acids is 5. The van der Waals surface area contributed by atoms with E-state index in [2.05, 4.69) is 16.0 Å². The van der Waals surface area contributed by atoms with Gasteiger partial charge in [0, 0.05) is 25.8 Å². The normalized spacial score (nSPS) is 14.0. The highest BCUT2D eigenvalue weighted by atomic mass is 16.3. The Labute approximate surface area is 234 Å². The van der Waals surface area contributed by atoms with Gasteiger partial charge in [-0.3, -0.25) is 29.3 Å². The molecule has 0 fully saturated rings. The molecule has 13 heteroatoms. The summed E-state index contributed by atoms with van der Waals surface area (Å²) < 4.78 is 0. The summed E-state index contributed by atoms with van der Waals surface area (Å²) in [6.07, 6.45) is 2.74. The summed E-state index contributed by atoms with van der Waals surface area (Å²) in [7, 11) is 0. The number of Topliss-reactive ketones (excluding diaryl/α,β-unsaturated/α-hetero) is 2. The van der Waals surface area contributed by atoms with Crippen LogP contribution in [0.5, 0.6) is 0 Å². The van der Waals surface area contributed by atoms with E-state index in [1.54, 1.807) is 0 Å². The van der Waals surface area contributed by atoms with Crippen molar-refractivity contribution in [2.75, 3.05) is 26.4 Å². The lowest BCUT2D eigenvalue weighted by molar-refractivity contribution is -0.131. The summed E-state index contributed by atoms with van der Waals surface area (Å²) in [6, 6.07) is 6.68. The number of ketones is 2. The maximum absolute atomic E-state index is 12.4. The molecule has 0 saturated carbocycles. The van der Waals surface area contributed by atoms with E-state index in [9.17, 15) is 29.1 Å². The second kappa shape index (κ2) is 19.8. The Morgan fingerprint density at radius 1 is 0.825 bits per heavy atom. The molecule has 0 aliphatic rings. The fraction of sp³-hybridized carbons (Fsp3) is 0.593. The van der Waals surface area contributed by atoms with Gasteiger partial charge in [-0.1, -0.05) is 36.8 Å². The molecular weight excluding hydrogens is 520 g/mol. The quantitative estimate of drug-likeness (QED) is 0.0568. The number of nitrogens with two attached hydrogens (primary N) is 3. The summed E-state index contributed by atoms with van der Waals surface area (Å²) in [5.74, 6) is -2.86. The van der Waals surface area contributed by atoms with Crippen LogP contribution in [0.15, 0.2) is 30.3 Å². The largest absolute Gasteiger partial charge is 0.396 e. The smallest absolute Gasteiger partial charge is 0.237 e. The van der Waals surface area contributed by atoms with Crippen molar-refractivity contribution in [1.29, 1.82) is 0 Å². The van der Waals surface area contributed by atoms with Crippen molar-refractivity contribution in [3.63, 3.8) is 0 Å². The minimum absolute atomic E-state index is 0.0369. The summed E-state index contributed by atoms with van der Waals surface area (Å²) in [4.78, 5) is 59.9. The van der Waals surface area contributed by atoms with Crippen LogP contribution in [0.25, 0.3) is 0 Å². The van der Waals surface area contributed by atoms with Gasteiger partial charge in [0.25, 0.3) is 0 Å². The molecular formula is C27H44N6O7. The van der Waals surface area contributed by atoms with Gasteiger partial charge in [0.2, 0.25) is 17.7 Å². The number of carbonyl (C=O) groups is 5. The van der Waals surface area contributed by atoms with Crippen molar-refractivity contribution in [3.8, 4) is 0 Å². The first kappa shape index (κ1) is 34.8. The molecule has 0 saturated heterocycles. The van der Waals surface area contributed by atoms with Crippen molar-refractivity contribution in [3.05, 3.63) is 35.9 Å². The van der Waals surface area contributed by atoms with E-state index in [1.807, 2.05) is 30.3 Å². The topological polar surface area (TPSA) is 240 Å². The molecule has 0 heterocycles. The Morgan fingerprint density at radius 3 is 2.15 bits per heavy atom. The van der Waals surface area contributed by atoms with Gasteiger partial charge >= 0.3 is 0 Å². The summed E-state index contributed by atoms with van der Waals surface area (Å²) in [5, 5.41) is 26.3. The van der Waals surface area contributed by atoms with E-state index < -0.39 is 55.0 Å². The van der Waals surface area contributed by atoms with Gasteiger partial charge in [-0.15, -0.1) is 0 Å². The van der Waals surface area contributed by atoms with Crippen molar-refractivity contribution < 1.29 is 34.2 Å². The number of aliphatic hydroxyl groups excluding tert-OH is 2. The van der Waals surface area contributed by atoms with E-state index >= 15 is 0 Å². The van der Waals surface area contributed by atoms with Crippen LogP contribution in [0, 0.1) is 5.92 Å². The van der Waals surface area contributed by atoms with Gasteiger partial charge in [-0.05, 0) is 31.2 Å². The molecule has 0 radical (unpaired) electrons. The van der Waals surface area contributed by atoms with Crippen LogP contribution in [0.3, 0.4) is 0 Å². The molecule has 4 atom stereocenters. The third kappa shape index (κ3) is 14.2. The minimum Gasteiger partial charge on any atom is -0.396 e. The highest BCUT2D eigenvalue weighted by molar-refractivity contribution is 5.90. The van der Waals surface area contributed by atoms with Gasteiger partial charge in [-0.2, -0.15) is 0 Å². The van der Waals surface area contributed by atoms with Crippen LogP contribution >= 0.6 is 0 Å². The number of benzene rings is 1. The van der Waals surface area contributed by atoms with Crippen LogP contribution < -0.4 is 33.2 Å². The van der Waals surface area contributed by atoms with Gasteiger partial charge in [0.15, 0.2) is 5.78 Å². The van der Waals surface area contributed by atoms with E-state index in [-0.39, 0.29) is 37.5 Å². The minimum atomic E-state index is -0.985. The standard InChI is InChI=1S/C27H44N6O7/c28-21(27(40)33-17-32-23(16-35)25(30)38)11-10-20(36)9-5-2-6-12-31-26(39)19(15-34)14-24(37)22(29)13-18-7-3-1-4-8-18/h1,3-4,7-8,19,21-23,32,34-35H,2,5-6,9-17,28-29H2,(H2,30,38)(H,31,39)(H,33,40). The van der Waals surface area contributed by atoms with Gasteiger partial charge in [0.1, 0.15) is 11.8 Å². The molecule has 13 nitrogen and oxygen atoms in total. The Balaban J connectivity index is 2.19. The zero-order chi connectivity index (χ0) is 29.9. The predicted molar refractivity (Wildman–Crippen MR) is 148 cm³/mol. The van der Waals surface area contributed by atoms with Crippen molar-refractivity contribution in [1.82, 2.24) is 16.0 Å². The average molecular weight is 565 g/mol. The van der Waals surface area contributed by atoms with E-state index in [0.29, 0.717) is 38.6 Å². The fourth-order valence-electron chi connectivity index (χ4n) is 3.82. The number of hydrogen-bond acceptors (Lipinski definition) is 10. The first-order valence-electron chi connectivity index (χ1n) is 13.5. The Hall–Kier alpha value is -3.23. The zero-order valence-electron chi connectivity index (χ0n) is 22.8. The Morgan fingerprint density at radius 2 is 1.52 bits per heavy atom. The monoisotopic (exact) mass is 564 g/mol. The van der Waals surface area contributed by atoms with E-state index in [0.717, 1.165) is 5.56 Å². The molecule has 11 N–H and O–H groups in total. The number of rotatable bonds is 22. The molecule has 0 spiro atoms. The number of amides is 3. The maximum Gasteiger partial charge on any atom is 0.237 e. The SMILES string of the molecule is NC(=O)C(CO)NCNC(=O)C(N)CCC(=O)CCCCCNC(=O)C(CO)CC(=O)C(N)Cc1ccccc1. The zero-order valence-corrected chi connectivity index (χ0v) is 22.8. The molecule has 1 aromatic carbocycles. The molecule has 1 rings (SSSR count). The summed E-state index contributed by atoms with van der Waals surface area (Å²) >= 11 is 0. The molecule has 40 heavy (non-hydrogen) atoms. The number of nitrogens with one attached hydrogen (secondary N) is 3. The number of hydrogen-bond donors (Lipinski definition) is 8. The molecule has 224 valence electrons. The van der Waals surface area contributed by atoms with Crippen LogP contribution in [-0.4, -0.2) is 84.1 Å². The highest BCUT2D eigenvalue weighted by Gasteiger charge is 2.24. The first-order valence-corrected chi connectivity index (χ1v) is 13.5. The Bertz CT molecular complexity index is 947. The van der Waals surface area contributed by atoms with Gasteiger partial charge in [-0.25, -0.2) is 0 Å². The highest BCUT2D eigenvalue weighted by Crippen LogP contribution is 2.10. The van der Waals surface area contributed by atoms with Gasteiger partial charge in [0.05, 0.1) is 37.9 Å². The molecule has 0 aromatic heterocycles. The molecule has 0 bridgehead atoms. The van der Waals surface area contributed by atoms with Crippen LogP contribution in [0.2, 0.25) is 0 Å². The molecule has 0 aliphatic carbocycles. The number of primary amides is 1. The second-order valence-corrected chi connectivity index (χ2v) is 9.69. The van der Waals surface area contributed by atoms with E-state index in [1.165, 1.54) is 0 Å². The number of aliphatic hydroxyl groups is 2. The lowest BCUT2D eigenvalue weighted by Gasteiger charge is -2.16. The molecule has 0 aliphatic heterocycles. The van der Waals surface area contributed by atoms with E-state index in [4.69, 9.17) is 22.3 Å². The summed E-state index contributed by atoms with van der Waals surface area (Å²) in [5.41, 5.74) is 17.8. The average Bonchev–Trinajstić information content (AvgIpc) is 2.94. The predicted octanol–water partition coefficient (Wildman–Crippen LogP) is -2.01. The van der Waals surface area contributed by atoms with Crippen LogP contribution in [0.1, 0.15) is 50.5 Å². The van der Waals surface area contributed by atoms with Crippen molar-refractivity contribution >= 4 is 29.3 Å². The Kier molecular flexibility index (Phi) is 17.2. The third-order valence-electron chi connectivity index (χ3n) is 6.39. The maximum atomic E-state index is 12.4. The lowest BCUT2D eigenvalue weighted by atomic mass is 9.95. The third-order valence-corrected chi connectivity index (χ3v) is 6.39. The lowest BCUT2D eigenvalue weighted by Crippen LogP contribution is -2.51. The van der Waals surface area contributed by atoms with Crippen LogP contribution in [0.4, 0.5) is 0 Å². The number of unbranched alkanes of at least 4 members (excludes halogenated alkanes) is 2. The van der Waals surface area contributed by atoms with Crippen molar-refractivity contribution in [2.24, 2.45) is 23.1 Å². The molecule has 1 aromatic rings. The molecule has 3 amide bonds. The first-order chi connectivity index (χ1) is 19.1. The van der Waals surface area contributed by atoms with Crippen LogP contribution in [-0.2, 0) is 30.4 Å². The molecule has 4 unspecified atom stereocenters. The second-order valence-electron chi connectivity index (χ2n) is 9.69. The summed E-state index contributed by atoms with van der Waals surface area (Å²) in [6.45, 7) is -0.730. The fourth-order valence-corrected chi connectivity index (χ4v) is 3.82. The van der Waals surface area contributed by atoms with Crippen molar-refractivity contribution in [2.45, 2.75) is 69.5 Å². The van der Waals surface area contributed by atoms with Gasteiger partial charge < -0.3 is 38.0 Å².